The quantitative estimate of drug-likeness (QED) is 0.754. The number of carbonyl (C=O) groups excluding carboxylic acids is 1. The highest BCUT2D eigenvalue weighted by Gasteiger charge is 2.48. The molecule has 26 heavy (non-hydrogen) atoms. The Morgan fingerprint density at radius 1 is 1.19 bits per heavy atom. The Morgan fingerprint density at radius 2 is 1.85 bits per heavy atom. The molecule has 1 aromatic heterocycles. The average molecular weight is 381 g/mol. The highest BCUT2D eigenvalue weighted by molar-refractivity contribution is 7.91. The minimum absolute atomic E-state index is 0.0191. The lowest BCUT2D eigenvalue weighted by Gasteiger charge is -2.43. The maximum Gasteiger partial charge on any atom is 0.263 e. The van der Waals surface area contributed by atoms with Gasteiger partial charge in [-0.1, -0.05) is 6.92 Å². The normalized spacial score (nSPS) is 25.3. The lowest BCUT2D eigenvalue weighted by atomic mass is 10.0. The first-order chi connectivity index (χ1) is 12.2. The van der Waals surface area contributed by atoms with Gasteiger partial charge in [0.1, 0.15) is 5.56 Å². The molecule has 0 N–H and O–H groups in total. The van der Waals surface area contributed by atoms with Gasteiger partial charge in [-0.05, 0) is 38.4 Å². The Morgan fingerprint density at radius 3 is 2.50 bits per heavy atom. The van der Waals surface area contributed by atoms with Gasteiger partial charge in [0, 0.05) is 31.9 Å². The van der Waals surface area contributed by atoms with Crippen LogP contribution in [-0.2, 0) is 16.9 Å². The third kappa shape index (κ3) is 3.20. The Hall–Kier alpha value is -1.67. The fourth-order valence-corrected chi connectivity index (χ4v) is 6.14. The topological polar surface area (TPSA) is 79.7 Å². The van der Waals surface area contributed by atoms with Gasteiger partial charge in [0.05, 0.1) is 17.5 Å². The van der Waals surface area contributed by atoms with Crippen molar-refractivity contribution in [1.29, 1.82) is 0 Å². The summed E-state index contributed by atoms with van der Waals surface area (Å²) < 4.78 is 26.0. The van der Waals surface area contributed by atoms with Crippen LogP contribution in [0.2, 0.25) is 0 Å². The van der Waals surface area contributed by atoms with Gasteiger partial charge in [-0.25, -0.2) is 8.42 Å². The third-order valence-electron chi connectivity index (χ3n) is 5.76. The Kier molecular flexibility index (Phi) is 5.00. The van der Waals surface area contributed by atoms with Gasteiger partial charge in [-0.2, -0.15) is 0 Å². The highest BCUT2D eigenvalue weighted by atomic mass is 32.2. The lowest BCUT2D eigenvalue weighted by Crippen LogP contribution is -2.61. The first-order valence-corrected chi connectivity index (χ1v) is 10.9. The predicted octanol–water partition coefficient (Wildman–Crippen LogP) is 0.336. The second-order valence-electron chi connectivity index (χ2n) is 7.44. The number of nitrogens with zero attached hydrogens (tertiary/aromatic N) is 3. The predicted molar refractivity (Wildman–Crippen MR) is 100 cm³/mol. The first-order valence-electron chi connectivity index (χ1n) is 9.09. The summed E-state index contributed by atoms with van der Waals surface area (Å²) >= 11 is 0. The molecule has 2 aliphatic rings. The van der Waals surface area contributed by atoms with Gasteiger partial charge < -0.3 is 9.47 Å². The van der Waals surface area contributed by atoms with Crippen LogP contribution in [0.5, 0.6) is 0 Å². The molecule has 7 nitrogen and oxygen atoms in total. The van der Waals surface area contributed by atoms with E-state index in [-0.39, 0.29) is 40.6 Å². The van der Waals surface area contributed by atoms with Crippen LogP contribution in [0.15, 0.2) is 10.9 Å². The zero-order valence-electron chi connectivity index (χ0n) is 15.9. The molecule has 0 aliphatic carbocycles. The average Bonchev–Trinajstić information content (AvgIpc) is 2.91. The van der Waals surface area contributed by atoms with E-state index in [1.54, 1.807) is 18.0 Å². The zero-order valence-corrected chi connectivity index (χ0v) is 16.7. The van der Waals surface area contributed by atoms with Gasteiger partial charge in [0.2, 0.25) is 0 Å². The Bertz CT molecular complexity index is 890. The number of hydrogen-bond acceptors (Lipinski definition) is 5. The summed E-state index contributed by atoms with van der Waals surface area (Å²) in [5.41, 5.74) is 1.49. The van der Waals surface area contributed by atoms with Gasteiger partial charge in [0.25, 0.3) is 11.5 Å². The molecule has 0 unspecified atom stereocenters. The van der Waals surface area contributed by atoms with Crippen molar-refractivity contribution in [3.63, 3.8) is 0 Å². The monoisotopic (exact) mass is 381 g/mol. The van der Waals surface area contributed by atoms with Crippen molar-refractivity contribution in [3.8, 4) is 0 Å². The molecule has 0 radical (unpaired) electrons. The van der Waals surface area contributed by atoms with Crippen LogP contribution in [0.3, 0.4) is 0 Å². The summed E-state index contributed by atoms with van der Waals surface area (Å²) in [6, 6.07) is 1.09. The van der Waals surface area contributed by atoms with Crippen molar-refractivity contribution < 1.29 is 13.2 Å². The van der Waals surface area contributed by atoms with E-state index in [4.69, 9.17) is 0 Å². The number of carbonyl (C=O) groups is 1. The first kappa shape index (κ1) is 19.1. The summed E-state index contributed by atoms with van der Waals surface area (Å²) in [5.74, 6) is -0.279. The van der Waals surface area contributed by atoms with Crippen molar-refractivity contribution in [2.75, 3.05) is 31.1 Å². The maximum absolute atomic E-state index is 13.2. The molecule has 0 bridgehead atoms. The largest absolute Gasteiger partial charge is 0.332 e. The van der Waals surface area contributed by atoms with E-state index in [1.807, 2.05) is 13.8 Å². The van der Waals surface area contributed by atoms with Gasteiger partial charge in [0.15, 0.2) is 9.84 Å². The molecular formula is C18H27N3O4S. The Labute approximate surface area is 154 Å². The van der Waals surface area contributed by atoms with E-state index in [9.17, 15) is 18.0 Å². The van der Waals surface area contributed by atoms with Crippen LogP contribution in [0, 0.1) is 13.8 Å². The van der Waals surface area contributed by atoms with E-state index in [0.29, 0.717) is 13.1 Å². The molecule has 0 saturated carbocycles. The molecule has 0 spiro atoms. The van der Waals surface area contributed by atoms with Crippen molar-refractivity contribution in [1.82, 2.24) is 14.4 Å². The summed E-state index contributed by atoms with van der Waals surface area (Å²) in [5, 5.41) is 0. The van der Waals surface area contributed by atoms with Crippen LogP contribution >= 0.6 is 0 Å². The lowest BCUT2D eigenvalue weighted by molar-refractivity contribution is 0.0331. The number of amides is 1. The highest BCUT2D eigenvalue weighted by Crippen LogP contribution is 2.28. The van der Waals surface area contributed by atoms with Crippen LogP contribution in [-0.4, -0.2) is 71.9 Å². The fourth-order valence-electron chi connectivity index (χ4n) is 4.13. The van der Waals surface area contributed by atoms with E-state index in [1.165, 1.54) is 4.57 Å². The van der Waals surface area contributed by atoms with Crippen LogP contribution < -0.4 is 5.56 Å². The minimum atomic E-state index is -3.18. The molecule has 3 rings (SSSR count). The zero-order chi connectivity index (χ0) is 19.2. The van der Waals surface area contributed by atoms with E-state index < -0.39 is 9.84 Å². The van der Waals surface area contributed by atoms with Crippen LogP contribution in [0.25, 0.3) is 0 Å². The molecule has 3 heterocycles. The number of sulfone groups is 1. The second kappa shape index (κ2) is 6.81. The number of rotatable bonds is 3. The summed E-state index contributed by atoms with van der Waals surface area (Å²) in [6.45, 7) is 7.69. The van der Waals surface area contributed by atoms with Crippen molar-refractivity contribution in [3.05, 3.63) is 33.2 Å². The van der Waals surface area contributed by atoms with E-state index in [0.717, 1.165) is 24.2 Å². The number of hydrogen-bond donors (Lipinski definition) is 0. The summed E-state index contributed by atoms with van der Waals surface area (Å²) in [4.78, 5) is 29.5. The molecular weight excluding hydrogens is 354 g/mol. The van der Waals surface area contributed by atoms with Gasteiger partial charge in [-0.15, -0.1) is 0 Å². The standard InChI is InChI=1S/C18H27N3O4S/c1-5-6-20-7-8-21(16-11-26(24,25)10-15(16)20)18(23)14-9-12(2)13(3)19(4)17(14)22/h9,15-16H,5-8,10-11H2,1-4H3/t15-,16+/m1/s1. The van der Waals surface area contributed by atoms with E-state index in [2.05, 4.69) is 11.8 Å². The maximum atomic E-state index is 13.2. The van der Waals surface area contributed by atoms with Crippen LogP contribution in [0.4, 0.5) is 0 Å². The molecule has 2 atom stereocenters. The molecule has 8 heteroatoms. The summed E-state index contributed by atoms with van der Waals surface area (Å²) in [6.07, 6.45) is 0.939. The van der Waals surface area contributed by atoms with Crippen molar-refractivity contribution in [2.24, 2.45) is 7.05 Å². The van der Waals surface area contributed by atoms with Crippen molar-refractivity contribution >= 4 is 15.7 Å². The molecule has 2 fully saturated rings. The molecule has 2 saturated heterocycles. The van der Waals surface area contributed by atoms with Crippen LogP contribution in [0.1, 0.15) is 35.0 Å². The third-order valence-corrected chi connectivity index (χ3v) is 7.46. The smallest absolute Gasteiger partial charge is 0.263 e. The van der Waals surface area contributed by atoms with Gasteiger partial charge in [-0.3, -0.25) is 14.5 Å². The van der Waals surface area contributed by atoms with E-state index >= 15 is 0 Å². The number of aromatic nitrogens is 1. The molecule has 1 amide bonds. The molecule has 144 valence electrons. The SMILES string of the molecule is CCCN1CCN(C(=O)c2cc(C)c(C)n(C)c2=O)[C@H]2CS(=O)(=O)C[C@H]21. The molecule has 1 aromatic rings. The molecule has 2 aliphatic heterocycles. The number of fused-ring (bicyclic) bond motifs is 1. The van der Waals surface area contributed by atoms with Crippen molar-refractivity contribution in [2.45, 2.75) is 39.3 Å². The van der Waals surface area contributed by atoms with Gasteiger partial charge >= 0.3 is 0 Å². The number of pyridine rings is 1. The number of aryl methyl sites for hydroxylation is 1. The number of piperazine rings is 1. The Balaban J connectivity index is 1.97. The fraction of sp³-hybridized carbons (Fsp3) is 0.667. The molecule has 0 aromatic carbocycles. The second-order valence-corrected chi connectivity index (χ2v) is 9.59. The summed E-state index contributed by atoms with van der Waals surface area (Å²) in [7, 11) is -1.52. The minimum Gasteiger partial charge on any atom is -0.332 e.